The molecule has 0 fully saturated rings. The Hall–Kier alpha value is -1.82. The van der Waals surface area contributed by atoms with Crippen LogP contribution in [-0.4, -0.2) is 26.8 Å². The number of hydrogen-bond donors (Lipinski definition) is 1. The minimum Gasteiger partial charge on any atom is -0.354 e. The normalized spacial score (nSPS) is 17.6. The first kappa shape index (κ1) is 16.1. The van der Waals surface area contributed by atoms with E-state index in [4.69, 9.17) is 0 Å². The summed E-state index contributed by atoms with van der Waals surface area (Å²) in [5, 5.41) is 6.21. The Kier molecular flexibility index (Phi) is 4.43. The van der Waals surface area contributed by atoms with E-state index in [-0.39, 0.29) is 5.56 Å². The maximum Gasteiger partial charge on any atom is 0.259 e. The van der Waals surface area contributed by atoms with Gasteiger partial charge < -0.3 is 5.32 Å². The van der Waals surface area contributed by atoms with E-state index < -0.39 is 0 Å². The van der Waals surface area contributed by atoms with Gasteiger partial charge in [-0.15, -0.1) is 11.8 Å². The highest BCUT2D eigenvalue weighted by atomic mass is 32.2. The van der Waals surface area contributed by atoms with E-state index in [2.05, 4.69) is 27.6 Å². The monoisotopic (exact) mass is 330 g/mol. The second-order valence-electron chi connectivity index (χ2n) is 5.82. The van der Waals surface area contributed by atoms with Crippen LogP contribution in [0.1, 0.15) is 32.0 Å². The molecule has 2 aromatic heterocycles. The highest BCUT2D eigenvalue weighted by Crippen LogP contribution is 2.34. The van der Waals surface area contributed by atoms with Crippen LogP contribution < -0.4 is 10.9 Å². The van der Waals surface area contributed by atoms with Crippen molar-refractivity contribution in [2.75, 3.05) is 17.6 Å². The summed E-state index contributed by atoms with van der Waals surface area (Å²) in [7, 11) is 0. The maximum atomic E-state index is 13.0. The smallest absolute Gasteiger partial charge is 0.259 e. The van der Waals surface area contributed by atoms with Crippen LogP contribution in [-0.2, 0) is 6.54 Å². The zero-order chi connectivity index (χ0) is 16.6. The molecule has 23 heavy (non-hydrogen) atoms. The number of aromatic nitrogens is 3. The van der Waals surface area contributed by atoms with Gasteiger partial charge in [0.25, 0.3) is 5.56 Å². The summed E-state index contributed by atoms with van der Waals surface area (Å²) < 4.78 is 1.76. The van der Waals surface area contributed by atoms with Crippen molar-refractivity contribution in [1.29, 1.82) is 0 Å². The molecule has 1 aliphatic heterocycles. The summed E-state index contributed by atoms with van der Waals surface area (Å²) in [5.74, 6) is 2.02. The van der Waals surface area contributed by atoms with Crippen molar-refractivity contribution in [2.45, 2.75) is 34.2 Å². The summed E-state index contributed by atoms with van der Waals surface area (Å²) in [6.07, 6.45) is 0. The quantitative estimate of drug-likeness (QED) is 0.932. The molecular weight excluding hydrogens is 308 g/mol. The highest BCUT2D eigenvalue weighted by Gasteiger charge is 2.22. The summed E-state index contributed by atoms with van der Waals surface area (Å²) in [6.45, 7) is 9.48. The minimum atomic E-state index is 0.0427. The molecule has 0 amide bonds. The van der Waals surface area contributed by atoms with Crippen LogP contribution in [0.15, 0.2) is 16.3 Å². The van der Waals surface area contributed by atoms with Crippen molar-refractivity contribution in [2.24, 2.45) is 5.92 Å². The van der Waals surface area contributed by atoms with Crippen molar-refractivity contribution >= 4 is 34.3 Å². The number of rotatable bonds is 4. The fraction of sp³-hybridized carbons (Fsp3) is 0.471. The standard InChI is InChI=1S/C17H22N4OS/c1-5-18-17-19-11(4)12-7-13(14-9-23-8-10(14)3)16(22)21(6-2)15(12)20-17/h7,9-10H,5-6,8H2,1-4H3,(H,18,19,20). The lowest BCUT2D eigenvalue weighted by Gasteiger charge is -2.15. The largest absolute Gasteiger partial charge is 0.354 e. The molecule has 0 radical (unpaired) electrons. The van der Waals surface area contributed by atoms with Gasteiger partial charge in [-0.05, 0) is 43.7 Å². The molecule has 6 heteroatoms. The number of thioether (sulfide) groups is 1. The van der Waals surface area contributed by atoms with E-state index in [9.17, 15) is 4.79 Å². The van der Waals surface area contributed by atoms with Gasteiger partial charge >= 0.3 is 0 Å². The predicted octanol–water partition coefficient (Wildman–Crippen LogP) is 3.28. The zero-order valence-electron chi connectivity index (χ0n) is 14.0. The first-order valence-corrected chi connectivity index (χ1v) is 9.09. The molecule has 1 aliphatic rings. The lowest BCUT2D eigenvalue weighted by atomic mass is 9.97. The number of pyridine rings is 1. The van der Waals surface area contributed by atoms with E-state index in [1.807, 2.05) is 26.8 Å². The number of nitrogens with zero attached hydrogens (tertiary/aromatic N) is 3. The number of fused-ring (bicyclic) bond motifs is 1. The minimum absolute atomic E-state index is 0.0427. The molecule has 3 rings (SSSR count). The summed E-state index contributed by atoms with van der Waals surface area (Å²) in [4.78, 5) is 22.0. The van der Waals surface area contributed by atoms with Crippen LogP contribution in [0.3, 0.4) is 0 Å². The SMILES string of the molecule is CCNc1nc(C)c2cc(C3=CSCC3C)c(=O)n(CC)c2n1. The molecule has 0 aliphatic carbocycles. The topological polar surface area (TPSA) is 59.8 Å². The van der Waals surface area contributed by atoms with Gasteiger partial charge in [0.1, 0.15) is 5.65 Å². The van der Waals surface area contributed by atoms with Crippen LogP contribution in [0.4, 0.5) is 5.95 Å². The number of anilines is 1. The van der Waals surface area contributed by atoms with Crippen molar-refractivity contribution in [3.63, 3.8) is 0 Å². The molecule has 5 nitrogen and oxygen atoms in total. The molecule has 0 saturated carbocycles. The Balaban J connectivity index is 2.30. The Morgan fingerprint density at radius 1 is 1.39 bits per heavy atom. The Labute approximate surface area is 140 Å². The fourth-order valence-electron chi connectivity index (χ4n) is 2.94. The van der Waals surface area contributed by atoms with E-state index in [1.54, 1.807) is 16.3 Å². The number of aryl methyl sites for hydroxylation is 2. The first-order chi connectivity index (χ1) is 11.1. The third-order valence-corrected chi connectivity index (χ3v) is 5.30. The molecule has 1 atom stereocenters. The van der Waals surface area contributed by atoms with Crippen molar-refractivity contribution in [3.05, 3.63) is 33.1 Å². The summed E-state index contributed by atoms with van der Waals surface area (Å²) >= 11 is 1.77. The van der Waals surface area contributed by atoms with E-state index in [0.717, 1.165) is 34.5 Å². The summed E-state index contributed by atoms with van der Waals surface area (Å²) in [6, 6.07) is 1.98. The van der Waals surface area contributed by atoms with Crippen LogP contribution in [0.25, 0.3) is 16.6 Å². The third-order valence-electron chi connectivity index (χ3n) is 4.19. The Bertz CT molecular complexity index is 841. The van der Waals surface area contributed by atoms with Crippen molar-refractivity contribution < 1.29 is 0 Å². The van der Waals surface area contributed by atoms with E-state index >= 15 is 0 Å². The lowest BCUT2D eigenvalue weighted by Crippen LogP contribution is -2.25. The zero-order valence-corrected chi connectivity index (χ0v) is 14.8. The fourth-order valence-corrected chi connectivity index (χ4v) is 4.05. The molecule has 3 heterocycles. The number of allylic oxidation sites excluding steroid dienone is 1. The molecule has 0 spiro atoms. The van der Waals surface area contributed by atoms with Crippen LogP contribution in [0, 0.1) is 12.8 Å². The molecule has 0 saturated heterocycles. The molecule has 1 N–H and O–H groups in total. The van der Waals surface area contributed by atoms with Crippen LogP contribution >= 0.6 is 11.8 Å². The highest BCUT2D eigenvalue weighted by molar-refractivity contribution is 8.02. The predicted molar refractivity (Wildman–Crippen MR) is 98.0 cm³/mol. The van der Waals surface area contributed by atoms with Gasteiger partial charge in [-0.3, -0.25) is 9.36 Å². The number of hydrogen-bond acceptors (Lipinski definition) is 5. The third kappa shape index (κ3) is 2.76. The molecule has 0 aromatic carbocycles. The second kappa shape index (κ2) is 6.35. The van der Waals surface area contributed by atoms with E-state index in [1.165, 1.54) is 0 Å². The van der Waals surface area contributed by atoms with Gasteiger partial charge in [0.15, 0.2) is 0 Å². The second-order valence-corrected chi connectivity index (χ2v) is 6.72. The maximum absolute atomic E-state index is 13.0. The Morgan fingerprint density at radius 3 is 2.78 bits per heavy atom. The molecular formula is C17H22N4OS. The van der Waals surface area contributed by atoms with Crippen molar-refractivity contribution in [1.82, 2.24) is 14.5 Å². The van der Waals surface area contributed by atoms with Gasteiger partial charge in [-0.25, -0.2) is 4.98 Å². The van der Waals surface area contributed by atoms with Gasteiger partial charge in [0, 0.05) is 29.8 Å². The number of nitrogens with one attached hydrogen (secondary N) is 1. The Morgan fingerprint density at radius 2 is 2.17 bits per heavy atom. The van der Waals surface area contributed by atoms with Gasteiger partial charge in [-0.1, -0.05) is 6.92 Å². The van der Waals surface area contributed by atoms with Gasteiger partial charge in [0.05, 0.1) is 5.69 Å². The van der Waals surface area contributed by atoms with Crippen LogP contribution in [0.2, 0.25) is 0 Å². The molecule has 1 unspecified atom stereocenters. The molecule has 2 aromatic rings. The van der Waals surface area contributed by atoms with Crippen LogP contribution in [0.5, 0.6) is 0 Å². The first-order valence-electron chi connectivity index (χ1n) is 8.04. The van der Waals surface area contributed by atoms with Gasteiger partial charge in [-0.2, -0.15) is 4.98 Å². The average Bonchev–Trinajstić information content (AvgIpc) is 2.93. The average molecular weight is 330 g/mol. The van der Waals surface area contributed by atoms with Gasteiger partial charge in [0.2, 0.25) is 5.95 Å². The lowest BCUT2D eigenvalue weighted by molar-refractivity contribution is 0.742. The van der Waals surface area contributed by atoms with Crippen molar-refractivity contribution in [3.8, 4) is 0 Å². The molecule has 0 bridgehead atoms. The summed E-state index contributed by atoms with van der Waals surface area (Å²) in [5.41, 5.74) is 3.58. The van der Waals surface area contributed by atoms with E-state index in [0.29, 0.717) is 24.1 Å². The molecule has 122 valence electrons.